The van der Waals surface area contributed by atoms with Crippen molar-refractivity contribution < 1.29 is 22.0 Å². The maximum absolute atomic E-state index is 11.5. The Morgan fingerprint density at radius 1 is 0.980 bits per heavy atom. The molecule has 0 saturated heterocycles. The molecule has 0 bridgehead atoms. The van der Waals surface area contributed by atoms with Crippen LogP contribution in [0, 0.1) is 0 Å². The monoisotopic (exact) mass is 720 g/mol. The van der Waals surface area contributed by atoms with Crippen LogP contribution in [0.5, 0.6) is 0 Å². The number of anilines is 1. The van der Waals surface area contributed by atoms with E-state index in [4.69, 9.17) is 4.42 Å². The van der Waals surface area contributed by atoms with E-state index in [2.05, 4.69) is 138 Å². The SMILES string of the molecule is CCN1/C(=C/C2=CC(=C/c3sc4ccc(-n5ccc6ccccc65)cc4[n+]3CCCCS(=O)(=O)O)/C(C)(C)c3ccoc32)Sc2ccccc21. The highest BCUT2D eigenvalue weighted by atomic mass is 32.2. The molecule has 1 aliphatic heterocycles. The van der Waals surface area contributed by atoms with E-state index in [9.17, 15) is 13.0 Å². The minimum Gasteiger partial charge on any atom is -0.464 e. The Morgan fingerprint density at radius 3 is 2.64 bits per heavy atom. The topological polar surface area (TPSA) is 79.6 Å². The fourth-order valence-corrected chi connectivity index (χ4v) is 9.98. The molecule has 7 nitrogen and oxygen atoms in total. The Balaban J connectivity index is 1.24. The predicted molar refractivity (Wildman–Crippen MR) is 206 cm³/mol. The zero-order valence-electron chi connectivity index (χ0n) is 28.2. The van der Waals surface area contributed by atoms with Crippen LogP contribution in [0.4, 0.5) is 5.69 Å². The minimum atomic E-state index is -4.02. The number of rotatable bonds is 9. The molecule has 8 rings (SSSR count). The van der Waals surface area contributed by atoms with Gasteiger partial charge in [0.05, 0.1) is 33.9 Å². The van der Waals surface area contributed by atoms with Gasteiger partial charge in [0, 0.05) is 52.8 Å². The first-order chi connectivity index (χ1) is 24.1. The van der Waals surface area contributed by atoms with E-state index in [1.54, 1.807) is 29.4 Å². The summed E-state index contributed by atoms with van der Waals surface area (Å²) in [7, 11) is -4.02. The van der Waals surface area contributed by atoms with Crippen molar-refractivity contribution in [2.45, 2.75) is 50.5 Å². The van der Waals surface area contributed by atoms with Gasteiger partial charge < -0.3 is 13.9 Å². The summed E-state index contributed by atoms with van der Waals surface area (Å²) >= 11 is 3.52. The van der Waals surface area contributed by atoms with Crippen LogP contribution in [-0.2, 0) is 22.1 Å². The number of aryl methyl sites for hydroxylation is 1. The lowest BCUT2D eigenvalue weighted by Crippen LogP contribution is -2.36. The van der Waals surface area contributed by atoms with Gasteiger partial charge in [-0.1, -0.05) is 67.3 Å². The molecule has 1 N–H and O–H groups in total. The second kappa shape index (κ2) is 12.8. The second-order valence-electron chi connectivity index (χ2n) is 13.3. The molecule has 0 atom stereocenters. The van der Waals surface area contributed by atoms with Crippen molar-refractivity contribution in [3.63, 3.8) is 0 Å². The smallest absolute Gasteiger partial charge is 0.264 e. The zero-order valence-corrected chi connectivity index (χ0v) is 30.6. The number of para-hydroxylation sites is 2. The first-order valence-corrected chi connectivity index (χ1v) is 20.1. The average Bonchev–Trinajstić information content (AvgIpc) is 3.89. The average molecular weight is 721 g/mol. The molecule has 3 aromatic heterocycles. The molecule has 0 saturated carbocycles. The molecule has 6 aromatic rings. The van der Waals surface area contributed by atoms with Crippen LogP contribution in [0.2, 0.25) is 0 Å². The summed E-state index contributed by atoms with van der Waals surface area (Å²) in [4.78, 5) is 3.60. The van der Waals surface area contributed by atoms with Gasteiger partial charge in [-0.25, -0.2) is 0 Å². The molecule has 0 unspecified atom stereocenters. The van der Waals surface area contributed by atoms with Crippen LogP contribution >= 0.6 is 23.1 Å². The Hall–Kier alpha value is -4.35. The van der Waals surface area contributed by atoms with E-state index in [0.717, 1.165) is 55.4 Å². The van der Waals surface area contributed by atoms with Crippen LogP contribution in [0.1, 0.15) is 49.9 Å². The van der Waals surface area contributed by atoms with E-state index in [1.807, 2.05) is 0 Å². The van der Waals surface area contributed by atoms with Crippen molar-refractivity contribution in [2.75, 3.05) is 17.2 Å². The van der Waals surface area contributed by atoms with Gasteiger partial charge in [-0.2, -0.15) is 13.0 Å². The molecule has 0 amide bonds. The van der Waals surface area contributed by atoms with Gasteiger partial charge in [-0.3, -0.25) is 4.55 Å². The van der Waals surface area contributed by atoms with Crippen molar-refractivity contribution in [3.8, 4) is 5.69 Å². The van der Waals surface area contributed by atoms with Gasteiger partial charge in [-0.05, 0) is 78.9 Å². The summed E-state index contributed by atoms with van der Waals surface area (Å²) < 4.78 is 44.3. The number of thioether (sulfide) groups is 1. The third kappa shape index (κ3) is 5.94. The highest BCUT2D eigenvalue weighted by Crippen LogP contribution is 2.49. The lowest BCUT2D eigenvalue weighted by molar-refractivity contribution is -0.669. The van der Waals surface area contributed by atoms with E-state index in [0.29, 0.717) is 19.4 Å². The van der Waals surface area contributed by atoms with Gasteiger partial charge in [0.25, 0.3) is 15.1 Å². The van der Waals surface area contributed by atoms with Gasteiger partial charge in [-0.15, -0.1) is 0 Å². The van der Waals surface area contributed by atoms with E-state index < -0.39 is 10.1 Å². The summed E-state index contributed by atoms with van der Waals surface area (Å²) in [5.41, 5.74) is 7.54. The van der Waals surface area contributed by atoms with Crippen LogP contribution < -0.4 is 9.47 Å². The molecule has 254 valence electrons. The zero-order chi connectivity index (χ0) is 34.6. The van der Waals surface area contributed by atoms with Crippen molar-refractivity contribution in [2.24, 2.45) is 0 Å². The summed E-state index contributed by atoms with van der Waals surface area (Å²) in [6.45, 7) is 8.14. The summed E-state index contributed by atoms with van der Waals surface area (Å²) in [5.74, 6) is 0.644. The Kier molecular flexibility index (Phi) is 8.38. The lowest BCUT2D eigenvalue weighted by atomic mass is 9.72. The quantitative estimate of drug-likeness (QED) is 0.0911. The second-order valence-corrected chi connectivity index (χ2v) is 17.0. The maximum Gasteiger partial charge on any atom is 0.264 e. The molecular formula is C40H38N3O4S3+. The van der Waals surface area contributed by atoms with Gasteiger partial charge >= 0.3 is 0 Å². The maximum atomic E-state index is 11.5. The molecule has 3 aromatic carbocycles. The lowest BCUT2D eigenvalue weighted by Gasteiger charge is -2.31. The minimum absolute atomic E-state index is 0.250. The van der Waals surface area contributed by atoms with Crippen LogP contribution in [0.15, 0.2) is 123 Å². The highest BCUT2D eigenvalue weighted by Gasteiger charge is 2.36. The summed E-state index contributed by atoms with van der Waals surface area (Å²) in [6.07, 6.45) is 11.7. The van der Waals surface area contributed by atoms with Crippen LogP contribution in [0.25, 0.3) is 38.5 Å². The Bertz CT molecular complexity index is 2480. The number of benzene rings is 3. The number of aromatic nitrogens is 2. The molecular weight excluding hydrogens is 683 g/mol. The Morgan fingerprint density at radius 2 is 1.80 bits per heavy atom. The third-order valence-corrected chi connectivity index (χ3v) is 12.8. The highest BCUT2D eigenvalue weighted by molar-refractivity contribution is 8.03. The molecule has 50 heavy (non-hydrogen) atoms. The fourth-order valence-electron chi connectivity index (χ4n) is 7.12. The van der Waals surface area contributed by atoms with Crippen molar-refractivity contribution in [3.05, 3.63) is 130 Å². The predicted octanol–water partition coefficient (Wildman–Crippen LogP) is 9.63. The van der Waals surface area contributed by atoms with Crippen LogP contribution in [-0.4, -0.2) is 29.8 Å². The summed E-state index contributed by atoms with van der Waals surface area (Å²) in [6, 6.07) is 27.7. The third-order valence-electron chi connectivity index (χ3n) is 9.77. The van der Waals surface area contributed by atoms with E-state index in [-0.39, 0.29) is 11.2 Å². The first kappa shape index (κ1) is 32.8. The van der Waals surface area contributed by atoms with Gasteiger partial charge in [0.1, 0.15) is 10.5 Å². The van der Waals surface area contributed by atoms with E-state index in [1.165, 1.54) is 21.0 Å². The number of furan rings is 1. The number of hydrogen-bond donors (Lipinski definition) is 1. The summed E-state index contributed by atoms with van der Waals surface area (Å²) in [5, 5.41) is 3.43. The number of unbranched alkanes of at least 4 members (excludes halogenated alkanes) is 1. The molecule has 1 aliphatic carbocycles. The van der Waals surface area contributed by atoms with E-state index >= 15 is 0 Å². The van der Waals surface area contributed by atoms with Crippen LogP contribution in [0.3, 0.4) is 0 Å². The Labute approximate surface area is 300 Å². The van der Waals surface area contributed by atoms with Crippen molar-refractivity contribution in [1.29, 1.82) is 0 Å². The van der Waals surface area contributed by atoms with Crippen molar-refractivity contribution in [1.82, 2.24) is 4.57 Å². The molecule has 0 radical (unpaired) electrons. The van der Waals surface area contributed by atoms with Gasteiger partial charge in [0.2, 0.25) is 5.52 Å². The molecule has 2 aliphatic rings. The standard InChI is InChI=1S/C40H37N3O4S3/c1-4-41-33-13-7-8-14-35(33)48-37(41)24-28-23-29(40(2,3)31-18-21-47-39(28)31)25-38-43(19-9-10-22-50(44,45)46)34-26-30(15-16-36(34)49-38)42-20-17-27-11-5-6-12-32(27)42/h5-8,11-18,20-21,23-26H,4,9-10,19,22H2,1-3H3/p+1. The fraction of sp³-hybridized carbons (Fsp3) is 0.225. The molecule has 10 heteroatoms. The van der Waals surface area contributed by atoms with Crippen molar-refractivity contribution >= 4 is 71.7 Å². The molecule has 4 heterocycles. The van der Waals surface area contributed by atoms with Gasteiger partial charge in [0.15, 0.2) is 6.54 Å². The first-order valence-electron chi connectivity index (χ1n) is 16.9. The number of nitrogens with zero attached hydrogens (tertiary/aromatic N) is 3. The number of allylic oxidation sites excluding steroid dienone is 4. The number of fused-ring (bicyclic) bond motifs is 4. The molecule has 0 fully saturated rings. The molecule has 0 spiro atoms. The number of hydrogen-bond acceptors (Lipinski definition) is 6. The normalized spacial score (nSPS) is 17.2. The number of thiazole rings is 1. The largest absolute Gasteiger partial charge is 0.464 e.